The number of hydrogen-bond acceptors (Lipinski definition) is 8. The summed E-state index contributed by atoms with van der Waals surface area (Å²) in [5, 5.41) is 10.6. The van der Waals surface area contributed by atoms with Crippen molar-refractivity contribution in [1.29, 1.82) is 0 Å². The van der Waals surface area contributed by atoms with Crippen LogP contribution in [0.1, 0.15) is 5.56 Å². The van der Waals surface area contributed by atoms with E-state index in [2.05, 4.69) is 30.9 Å². The third-order valence-electron chi connectivity index (χ3n) is 7.02. The highest BCUT2D eigenvalue weighted by Gasteiger charge is 2.53. The molecule has 0 radical (unpaired) electrons. The maximum atomic E-state index is 14.1. The normalized spacial score (nSPS) is 21.4. The van der Waals surface area contributed by atoms with E-state index in [1.54, 1.807) is 18.3 Å². The van der Waals surface area contributed by atoms with Crippen LogP contribution >= 0.6 is 0 Å². The van der Waals surface area contributed by atoms with Gasteiger partial charge in [-0.25, -0.2) is 23.7 Å². The van der Waals surface area contributed by atoms with Crippen LogP contribution in [-0.2, 0) is 0 Å². The van der Waals surface area contributed by atoms with Crippen molar-refractivity contribution in [2.24, 2.45) is 11.8 Å². The van der Waals surface area contributed by atoms with Crippen molar-refractivity contribution in [3.05, 3.63) is 78.2 Å². The van der Waals surface area contributed by atoms with Gasteiger partial charge in [-0.05, 0) is 29.5 Å². The van der Waals surface area contributed by atoms with Crippen LogP contribution in [0.2, 0.25) is 0 Å². The summed E-state index contributed by atoms with van der Waals surface area (Å²) < 4.78 is 40.9. The molecule has 2 fully saturated rings. The van der Waals surface area contributed by atoms with Crippen molar-refractivity contribution in [2.45, 2.75) is 6.04 Å². The molecule has 0 amide bonds. The van der Waals surface area contributed by atoms with E-state index >= 15 is 0 Å². The highest BCUT2D eigenvalue weighted by atomic mass is 19.2. The van der Waals surface area contributed by atoms with Gasteiger partial charge in [-0.3, -0.25) is 4.98 Å². The highest BCUT2D eigenvalue weighted by molar-refractivity contribution is 6.02. The van der Waals surface area contributed by atoms with Crippen LogP contribution in [0.3, 0.4) is 0 Å². The molecule has 11 heteroatoms. The number of anilines is 3. The Bertz CT molecular complexity index is 1630. The molecule has 1 saturated heterocycles. The molecule has 184 valence electrons. The van der Waals surface area contributed by atoms with Gasteiger partial charge in [-0.1, -0.05) is 18.2 Å². The third-order valence-corrected chi connectivity index (χ3v) is 7.02. The van der Waals surface area contributed by atoms with Crippen LogP contribution in [0.5, 0.6) is 0 Å². The van der Waals surface area contributed by atoms with Gasteiger partial charge in [0.05, 0.1) is 17.1 Å². The van der Waals surface area contributed by atoms with E-state index in [1.165, 1.54) is 6.20 Å². The number of rotatable bonds is 6. The average Bonchev–Trinajstić information content (AvgIpc) is 3.26. The van der Waals surface area contributed by atoms with Crippen molar-refractivity contribution in [1.82, 2.24) is 30.2 Å². The fraction of sp³-hybridized carbons (Fsp3) is 0.192. The van der Waals surface area contributed by atoms with Crippen LogP contribution in [0.15, 0.2) is 55.0 Å². The van der Waals surface area contributed by atoms with Crippen molar-refractivity contribution >= 4 is 33.9 Å². The third kappa shape index (κ3) is 3.78. The number of halogens is 3. The molecule has 4 aromatic rings. The molecule has 0 aromatic carbocycles. The standard InChI is InChI=1S/C26H19F3N8/c27-17-7-18(28)25(36-23(17)29)34-20-6-13(4-5-32-20)24-33-19-11-31-8-14(12-2-1-3-12)21(19)26(37-24)35-22-15-9-30-10-16(15)22/h1-8,11,15-16,22,30H,9-10H2,(H,32,34,36)(H,33,35,37)/t15-,16?,22?/m1/s1. The minimum atomic E-state index is -1.41. The lowest BCUT2D eigenvalue weighted by atomic mass is 9.97. The fourth-order valence-electron chi connectivity index (χ4n) is 4.99. The van der Waals surface area contributed by atoms with Gasteiger partial charge in [0.15, 0.2) is 23.3 Å². The summed E-state index contributed by atoms with van der Waals surface area (Å²) in [6.07, 6.45) is 11.0. The minimum absolute atomic E-state index is 0.174. The van der Waals surface area contributed by atoms with Crippen LogP contribution in [0.4, 0.5) is 30.6 Å². The largest absolute Gasteiger partial charge is 0.366 e. The summed E-state index contributed by atoms with van der Waals surface area (Å²) in [7, 11) is 0. The maximum absolute atomic E-state index is 14.1. The summed E-state index contributed by atoms with van der Waals surface area (Å²) in [5.41, 5.74) is 3.28. The van der Waals surface area contributed by atoms with Gasteiger partial charge in [0.25, 0.3) is 5.95 Å². The fourth-order valence-corrected chi connectivity index (χ4v) is 4.99. The van der Waals surface area contributed by atoms with E-state index < -0.39 is 23.4 Å². The molecule has 5 heterocycles. The van der Waals surface area contributed by atoms with Crippen molar-refractivity contribution in [3.8, 4) is 11.4 Å². The highest BCUT2D eigenvalue weighted by Crippen LogP contribution is 2.45. The summed E-state index contributed by atoms with van der Waals surface area (Å²) in [6, 6.07) is 4.07. The van der Waals surface area contributed by atoms with Gasteiger partial charge in [0.2, 0.25) is 0 Å². The number of pyridine rings is 3. The average molecular weight is 500 g/mol. The smallest absolute Gasteiger partial charge is 0.251 e. The molecule has 1 saturated carbocycles. The van der Waals surface area contributed by atoms with E-state index in [4.69, 9.17) is 9.97 Å². The molecule has 4 aromatic heterocycles. The molecule has 7 rings (SSSR count). The number of nitrogens with zero attached hydrogens (tertiary/aromatic N) is 5. The monoisotopic (exact) mass is 500 g/mol. The Balaban J connectivity index is 1.29. The predicted octanol–water partition coefficient (Wildman–Crippen LogP) is 4.23. The molecule has 3 atom stereocenters. The molecule has 2 unspecified atom stereocenters. The first-order chi connectivity index (χ1) is 18.0. The van der Waals surface area contributed by atoms with Gasteiger partial charge in [0.1, 0.15) is 11.6 Å². The molecule has 8 nitrogen and oxygen atoms in total. The Hall–Kier alpha value is -4.38. The first-order valence-corrected chi connectivity index (χ1v) is 11.8. The van der Waals surface area contributed by atoms with E-state index in [-0.39, 0.29) is 5.82 Å². The van der Waals surface area contributed by atoms with Gasteiger partial charge in [0, 0.05) is 48.7 Å². The number of allylic oxidation sites excluding steroid dienone is 4. The molecular formula is C26H19F3N8. The zero-order valence-corrected chi connectivity index (χ0v) is 19.2. The zero-order valence-electron chi connectivity index (χ0n) is 19.2. The lowest BCUT2D eigenvalue weighted by Crippen LogP contribution is -2.22. The van der Waals surface area contributed by atoms with E-state index in [0.717, 1.165) is 35.4 Å². The Morgan fingerprint density at radius 3 is 2.57 bits per heavy atom. The number of nitrogens with one attached hydrogen (secondary N) is 3. The molecule has 3 N–H and O–H groups in total. The van der Waals surface area contributed by atoms with Crippen LogP contribution < -0.4 is 16.0 Å². The lowest BCUT2D eigenvalue weighted by Gasteiger charge is -2.17. The second kappa shape index (κ2) is 8.34. The molecular weight excluding hydrogens is 481 g/mol. The quantitative estimate of drug-likeness (QED) is 0.339. The molecule has 0 bridgehead atoms. The van der Waals surface area contributed by atoms with Crippen LogP contribution in [0.25, 0.3) is 27.9 Å². The first-order valence-electron chi connectivity index (χ1n) is 11.8. The molecule has 3 aliphatic rings. The summed E-state index contributed by atoms with van der Waals surface area (Å²) in [4.78, 5) is 21.5. The van der Waals surface area contributed by atoms with Gasteiger partial charge in [-0.15, -0.1) is 0 Å². The Morgan fingerprint density at radius 2 is 1.78 bits per heavy atom. The second-order valence-electron chi connectivity index (χ2n) is 9.26. The number of fused-ring (bicyclic) bond motifs is 2. The van der Waals surface area contributed by atoms with Gasteiger partial charge >= 0.3 is 0 Å². The van der Waals surface area contributed by atoms with E-state index in [1.807, 2.05) is 24.4 Å². The SMILES string of the molecule is Fc1cc(F)c(Nc2cc(-c3nc(NC4C5CNC[C@H]54)c4c(C5=CC=C5)cncc4n3)ccn2)nc1F. The van der Waals surface area contributed by atoms with Crippen molar-refractivity contribution < 1.29 is 13.2 Å². The van der Waals surface area contributed by atoms with E-state index in [0.29, 0.717) is 40.8 Å². The lowest BCUT2D eigenvalue weighted by molar-refractivity contribution is 0.467. The van der Waals surface area contributed by atoms with Crippen LogP contribution in [-0.4, -0.2) is 44.1 Å². The molecule has 37 heavy (non-hydrogen) atoms. The number of hydrogen-bond donors (Lipinski definition) is 3. The number of piperidine rings is 1. The number of aromatic nitrogens is 5. The van der Waals surface area contributed by atoms with Gasteiger partial charge in [-0.2, -0.15) is 9.37 Å². The summed E-state index contributed by atoms with van der Waals surface area (Å²) in [6.45, 7) is 1.96. The van der Waals surface area contributed by atoms with Crippen LogP contribution in [0, 0.1) is 29.4 Å². The zero-order chi connectivity index (χ0) is 25.1. The van der Waals surface area contributed by atoms with Crippen molar-refractivity contribution in [2.75, 3.05) is 23.7 Å². The second-order valence-corrected chi connectivity index (χ2v) is 9.26. The Labute approximate surface area is 208 Å². The Morgan fingerprint density at radius 1 is 0.946 bits per heavy atom. The molecule has 1 aliphatic heterocycles. The van der Waals surface area contributed by atoms with Gasteiger partial charge < -0.3 is 16.0 Å². The predicted molar refractivity (Wildman–Crippen MR) is 132 cm³/mol. The maximum Gasteiger partial charge on any atom is 0.251 e. The summed E-state index contributed by atoms with van der Waals surface area (Å²) >= 11 is 0. The Kier molecular flexibility index (Phi) is 4.93. The summed E-state index contributed by atoms with van der Waals surface area (Å²) in [5.74, 6) is -1.85. The minimum Gasteiger partial charge on any atom is -0.366 e. The first kappa shape index (κ1) is 21.9. The van der Waals surface area contributed by atoms with E-state index in [9.17, 15) is 13.2 Å². The van der Waals surface area contributed by atoms with Crippen molar-refractivity contribution in [3.63, 3.8) is 0 Å². The molecule has 0 spiro atoms. The topological polar surface area (TPSA) is 101 Å². The molecule has 2 aliphatic carbocycles.